The zero-order valence-corrected chi connectivity index (χ0v) is 16.8. The molecule has 1 aromatic rings. The largest absolute Gasteiger partial charge is 0.497 e. The molecule has 0 aromatic heterocycles. The van der Waals surface area contributed by atoms with Crippen LogP contribution >= 0.6 is 0 Å². The van der Waals surface area contributed by atoms with Crippen LogP contribution in [0, 0.1) is 11.8 Å². The molecule has 27 heavy (non-hydrogen) atoms. The van der Waals surface area contributed by atoms with Gasteiger partial charge in [-0.15, -0.1) is 0 Å². The number of hydrogen-bond donors (Lipinski definition) is 2. The maximum absolute atomic E-state index is 12.8. The molecule has 1 amide bonds. The van der Waals surface area contributed by atoms with Crippen LogP contribution in [0.4, 0.5) is 0 Å². The first kappa shape index (κ1) is 20.1. The van der Waals surface area contributed by atoms with Crippen molar-refractivity contribution in [2.45, 2.75) is 43.0 Å². The van der Waals surface area contributed by atoms with E-state index in [-0.39, 0.29) is 22.3 Å². The Morgan fingerprint density at radius 3 is 2.30 bits per heavy atom. The number of amides is 1. The first-order valence-corrected chi connectivity index (χ1v) is 10.9. The van der Waals surface area contributed by atoms with Crippen LogP contribution < -0.4 is 15.8 Å². The third-order valence-corrected chi connectivity index (χ3v) is 7.75. The SMILES string of the molecule is COc1ccc(S(=O)(=O)N2CCC(C(=O)NC(C)(CN)C3CC3)CC2)cc1. The molecule has 1 aliphatic heterocycles. The zero-order chi connectivity index (χ0) is 19.7. The number of methoxy groups -OCH3 is 1. The van der Waals surface area contributed by atoms with Crippen molar-refractivity contribution >= 4 is 15.9 Å². The normalized spacial score (nSPS) is 21.4. The highest BCUT2D eigenvalue weighted by atomic mass is 32.2. The molecule has 1 heterocycles. The van der Waals surface area contributed by atoms with Crippen LogP contribution in [0.3, 0.4) is 0 Å². The molecule has 150 valence electrons. The van der Waals surface area contributed by atoms with E-state index in [4.69, 9.17) is 10.5 Å². The van der Waals surface area contributed by atoms with E-state index in [9.17, 15) is 13.2 Å². The second-order valence-corrected chi connectivity index (χ2v) is 9.68. The average molecular weight is 396 g/mol. The number of rotatable bonds is 7. The smallest absolute Gasteiger partial charge is 0.243 e. The van der Waals surface area contributed by atoms with Gasteiger partial charge in [-0.3, -0.25) is 4.79 Å². The first-order chi connectivity index (χ1) is 12.8. The summed E-state index contributed by atoms with van der Waals surface area (Å²) in [6, 6.07) is 6.38. The van der Waals surface area contributed by atoms with E-state index < -0.39 is 10.0 Å². The van der Waals surface area contributed by atoms with Crippen LogP contribution in [-0.2, 0) is 14.8 Å². The van der Waals surface area contributed by atoms with E-state index in [1.807, 2.05) is 6.92 Å². The fourth-order valence-electron chi connectivity index (χ4n) is 3.68. The molecule has 3 N–H and O–H groups in total. The second kappa shape index (κ2) is 7.77. The predicted octanol–water partition coefficient (Wildman–Crippen LogP) is 1.34. The van der Waals surface area contributed by atoms with Crippen LogP contribution in [-0.4, -0.2) is 50.9 Å². The summed E-state index contributed by atoms with van der Waals surface area (Å²) < 4.78 is 32.1. The number of nitrogens with two attached hydrogens (primary N) is 1. The van der Waals surface area contributed by atoms with E-state index in [2.05, 4.69) is 5.32 Å². The summed E-state index contributed by atoms with van der Waals surface area (Å²) in [5, 5.41) is 3.13. The summed E-state index contributed by atoms with van der Waals surface area (Å²) in [5.41, 5.74) is 5.53. The molecule has 0 spiro atoms. The quantitative estimate of drug-likeness (QED) is 0.725. The zero-order valence-electron chi connectivity index (χ0n) is 16.0. The topological polar surface area (TPSA) is 102 Å². The molecular weight excluding hydrogens is 366 g/mol. The predicted molar refractivity (Wildman–Crippen MR) is 103 cm³/mol. The molecule has 0 radical (unpaired) electrons. The summed E-state index contributed by atoms with van der Waals surface area (Å²) in [4.78, 5) is 12.9. The molecule has 7 nitrogen and oxygen atoms in total. The van der Waals surface area contributed by atoms with E-state index in [1.54, 1.807) is 24.3 Å². The first-order valence-electron chi connectivity index (χ1n) is 9.46. The van der Waals surface area contributed by atoms with Crippen molar-refractivity contribution in [2.24, 2.45) is 17.6 Å². The van der Waals surface area contributed by atoms with Gasteiger partial charge in [0.2, 0.25) is 15.9 Å². The lowest BCUT2D eigenvalue weighted by Crippen LogP contribution is -2.55. The Bertz CT molecular complexity index is 769. The molecule has 1 aromatic carbocycles. The lowest BCUT2D eigenvalue weighted by Gasteiger charge is -2.35. The van der Waals surface area contributed by atoms with Gasteiger partial charge in [-0.2, -0.15) is 4.31 Å². The molecule has 1 aliphatic carbocycles. The maximum atomic E-state index is 12.8. The highest BCUT2D eigenvalue weighted by Crippen LogP contribution is 2.39. The molecule has 2 aliphatic rings. The van der Waals surface area contributed by atoms with Gasteiger partial charge in [-0.1, -0.05) is 0 Å². The van der Waals surface area contributed by atoms with Crippen molar-refractivity contribution in [1.29, 1.82) is 0 Å². The van der Waals surface area contributed by atoms with Gasteiger partial charge in [0, 0.05) is 25.6 Å². The summed E-state index contributed by atoms with van der Waals surface area (Å²) in [6.07, 6.45) is 3.25. The van der Waals surface area contributed by atoms with Crippen LogP contribution in [0.25, 0.3) is 0 Å². The summed E-state index contributed by atoms with van der Waals surface area (Å²) in [5.74, 6) is 0.901. The maximum Gasteiger partial charge on any atom is 0.243 e. The van der Waals surface area contributed by atoms with E-state index in [0.717, 1.165) is 12.8 Å². The van der Waals surface area contributed by atoms with Crippen molar-refractivity contribution in [2.75, 3.05) is 26.7 Å². The fourth-order valence-corrected chi connectivity index (χ4v) is 5.15. The average Bonchev–Trinajstić information content (AvgIpc) is 3.54. The Morgan fingerprint density at radius 1 is 1.22 bits per heavy atom. The number of hydrogen-bond acceptors (Lipinski definition) is 5. The second-order valence-electron chi connectivity index (χ2n) is 7.74. The molecule has 2 fully saturated rings. The summed E-state index contributed by atoms with van der Waals surface area (Å²) in [6.45, 7) is 3.12. The molecule has 8 heteroatoms. The number of nitrogens with one attached hydrogen (secondary N) is 1. The third-order valence-electron chi connectivity index (χ3n) is 5.83. The van der Waals surface area contributed by atoms with Crippen molar-refractivity contribution in [3.63, 3.8) is 0 Å². The number of carbonyl (C=O) groups excluding carboxylic acids is 1. The van der Waals surface area contributed by atoms with Gasteiger partial charge in [0.25, 0.3) is 0 Å². The molecule has 1 atom stereocenters. The minimum Gasteiger partial charge on any atom is -0.497 e. The Labute approximate surface area is 161 Å². The van der Waals surface area contributed by atoms with Gasteiger partial charge in [0.05, 0.1) is 17.5 Å². The number of carbonyl (C=O) groups is 1. The van der Waals surface area contributed by atoms with Crippen molar-refractivity contribution in [3.05, 3.63) is 24.3 Å². The molecule has 1 saturated heterocycles. The highest BCUT2D eigenvalue weighted by Gasteiger charge is 2.43. The highest BCUT2D eigenvalue weighted by molar-refractivity contribution is 7.89. The van der Waals surface area contributed by atoms with Crippen LogP contribution in [0.2, 0.25) is 0 Å². The fraction of sp³-hybridized carbons (Fsp3) is 0.632. The molecule has 1 unspecified atom stereocenters. The third kappa shape index (κ3) is 4.28. The number of nitrogens with zero attached hydrogens (tertiary/aromatic N) is 1. The van der Waals surface area contributed by atoms with Gasteiger partial charge < -0.3 is 15.8 Å². The number of ether oxygens (including phenoxy) is 1. The minimum atomic E-state index is -3.55. The Hall–Kier alpha value is -1.64. The van der Waals surface area contributed by atoms with Gasteiger partial charge >= 0.3 is 0 Å². The van der Waals surface area contributed by atoms with Crippen molar-refractivity contribution in [1.82, 2.24) is 9.62 Å². The minimum absolute atomic E-state index is 0.00338. The van der Waals surface area contributed by atoms with Crippen LogP contribution in [0.1, 0.15) is 32.6 Å². The summed E-state index contributed by atoms with van der Waals surface area (Å²) in [7, 11) is -2.01. The number of sulfonamides is 1. The van der Waals surface area contributed by atoms with E-state index in [0.29, 0.717) is 44.1 Å². The Morgan fingerprint density at radius 2 is 1.81 bits per heavy atom. The summed E-state index contributed by atoms with van der Waals surface area (Å²) >= 11 is 0. The van der Waals surface area contributed by atoms with Gasteiger partial charge in [0.15, 0.2) is 0 Å². The lowest BCUT2D eigenvalue weighted by molar-refractivity contribution is -0.128. The molecule has 0 bridgehead atoms. The van der Waals surface area contributed by atoms with Crippen LogP contribution in [0.15, 0.2) is 29.2 Å². The Balaban J connectivity index is 1.59. The monoisotopic (exact) mass is 395 g/mol. The van der Waals surface area contributed by atoms with Gasteiger partial charge in [-0.05, 0) is 62.8 Å². The van der Waals surface area contributed by atoms with Crippen molar-refractivity contribution in [3.8, 4) is 5.75 Å². The van der Waals surface area contributed by atoms with Crippen molar-refractivity contribution < 1.29 is 17.9 Å². The van der Waals surface area contributed by atoms with E-state index >= 15 is 0 Å². The molecule has 1 saturated carbocycles. The lowest BCUT2D eigenvalue weighted by atomic mass is 9.92. The number of piperidine rings is 1. The standard InChI is InChI=1S/C19H29N3O4S/c1-19(13-20,15-3-4-15)21-18(23)14-9-11-22(12-10-14)27(24,25)17-7-5-16(26-2)6-8-17/h5-8,14-15H,3-4,9-13,20H2,1-2H3,(H,21,23). The Kier molecular flexibility index (Phi) is 5.79. The molecular formula is C19H29N3O4S. The van der Waals surface area contributed by atoms with E-state index in [1.165, 1.54) is 11.4 Å². The molecule has 3 rings (SSSR count). The van der Waals surface area contributed by atoms with Gasteiger partial charge in [-0.25, -0.2) is 8.42 Å². The number of benzene rings is 1. The van der Waals surface area contributed by atoms with Crippen LogP contribution in [0.5, 0.6) is 5.75 Å². The van der Waals surface area contributed by atoms with Gasteiger partial charge in [0.1, 0.15) is 5.75 Å².